The zero-order chi connectivity index (χ0) is 13.7. The Labute approximate surface area is 114 Å². The summed E-state index contributed by atoms with van der Waals surface area (Å²) in [6.07, 6.45) is 1.07. The second kappa shape index (κ2) is 7.07. The summed E-state index contributed by atoms with van der Waals surface area (Å²) in [7, 11) is 1.98. The summed E-state index contributed by atoms with van der Waals surface area (Å²) in [6, 6.07) is 4.68. The largest absolute Gasteiger partial charge is 0.329 e. The first-order chi connectivity index (χ1) is 8.45. The molecule has 0 amide bonds. The minimum Gasteiger partial charge on any atom is -0.329 e. The summed E-state index contributed by atoms with van der Waals surface area (Å²) in [5.41, 5.74) is 6.40. The van der Waals surface area contributed by atoms with Gasteiger partial charge in [-0.05, 0) is 38.1 Å². The first kappa shape index (κ1) is 15.4. The van der Waals surface area contributed by atoms with Crippen molar-refractivity contribution in [1.29, 1.82) is 0 Å². The molecule has 18 heavy (non-hydrogen) atoms. The van der Waals surface area contributed by atoms with Crippen molar-refractivity contribution in [1.82, 2.24) is 4.90 Å². The van der Waals surface area contributed by atoms with Gasteiger partial charge in [0.2, 0.25) is 0 Å². The van der Waals surface area contributed by atoms with Crippen molar-refractivity contribution in [3.8, 4) is 0 Å². The molecule has 0 saturated heterocycles. The number of halogens is 2. The summed E-state index contributed by atoms with van der Waals surface area (Å²) >= 11 is 5.76. The average molecular weight is 273 g/mol. The van der Waals surface area contributed by atoms with Gasteiger partial charge in [-0.25, -0.2) is 4.39 Å². The van der Waals surface area contributed by atoms with E-state index in [2.05, 4.69) is 18.7 Å². The maximum Gasteiger partial charge on any atom is 0.129 e. The SMILES string of the molecule is CC(C)CCN(C)C(CN)c1ccc(Cl)cc1F. The van der Waals surface area contributed by atoms with Crippen LogP contribution in [0.5, 0.6) is 0 Å². The van der Waals surface area contributed by atoms with Gasteiger partial charge in [0.15, 0.2) is 0 Å². The lowest BCUT2D eigenvalue weighted by atomic mass is 10.0. The lowest BCUT2D eigenvalue weighted by molar-refractivity contribution is 0.231. The van der Waals surface area contributed by atoms with Crippen LogP contribution in [-0.2, 0) is 0 Å². The Kier molecular flexibility index (Phi) is 6.06. The topological polar surface area (TPSA) is 29.3 Å². The molecule has 0 aliphatic carbocycles. The van der Waals surface area contributed by atoms with E-state index in [-0.39, 0.29) is 11.9 Å². The third kappa shape index (κ3) is 4.23. The highest BCUT2D eigenvalue weighted by atomic mass is 35.5. The molecule has 102 valence electrons. The van der Waals surface area contributed by atoms with Crippen molar-refractivity contribution < 1.29 is 4.39 Å². The van der Waals surface area contributed by atoms with Crippen molar-refractivity contribution >= 4 is 11.6 Å². The van der Waals surface area contributed by atoms with Crippen molar-refractivity contribution in [2.45, 2.75) is 26.3 Å². The molecule has 0 bridgehead atoms. The zero-order valence-electron chi connectivity index (χ0n) is 11.3. The molecule has 0 saturated carbocycles. The number of hydrogen-bond acceptors (Lipinski definition) is 2. The molecule has 2 nitrogen and oxygen atoms in total. The van der Waals surface area contributed by atoms with Crippen LogP contribution in [0.15, 0.2) is 18.2 Å². The highest BCUT2D eigenvalue weighted by molar-refractivity contribution is 6.30. The van der Waals surface area contributed by atoms with Gasteiger partial charge in [0.1, 0.15) is 5.82 Å². The van der Waals surface area contributed by atoms with Gasteiger partial charge in [0.05, 0.1) is 0 Å². The summed E-state index contributed by atoms with van der Waals surface area (Å²) < 4.78 is 13.9. The summed E-state index contributed by atoms with van der Waals surface area (Å²) in [4.78, 5) is 2.10. The number of nitrogens with two attached hydrogens (primary N) is 1. The first-order valence-electron chi connectivity index (χ1n) is 6.31. The van der Waals surface area contributed by atoms with Crippen LogP contribution in [0.25, 0.3) is 0 Å². The van der Waals surface area contributed by atoms with E-state index in [0.29, 0.717) is 23.0 Å². The van der Waals surface area contributed by atoms with Gasteiger partial charge < -0.3 is 5.73 Å². The fourth-order valence-electron chi connectivity index (χ4n) is 1.93. The van der Waals surface area contributed by atoms with Crippen molar-refractivity contribution in [3.05, 3.63) is 34.6 Å². The van der Waals surface area contributed by atoms with Gasteiger partial charge in [-0.2, -0.15) is 0 Å². The standard InChI is InChI=1S/C14H22ClFN2/c1-10(2)6-7-18(3)14(9-17)12-5-4-11(15)8-13(12)16/h4-5,8,10,14H,6-7,9,17H2,1-3H3. The maximum absolute atomic E-state index is 13.9. The molecule has 1 rings (SSSR count). The van der Waals surface area contributed by atoms with Crippen molar-refractivity contribution in [3.63, 3.8) is 0 Å². The third-order valence-corrected chi connectivity index (χ3v) is 3.37. The first-order valence-corrected chi connectivity index (χ1v) is 6.68. The van der Waals surface area contributed by atoms with Crippen LogP contribution >= 0.6 is 11.6 Å². The van der Waals surface area contributed by atoms with Crippen molar-refractivity contribution in [2.24, 2.45) is 11.7 Å². The van der Waals surface area contributed by atoms with Crippen LogP contribution < -0.4 is 5.73 Å². The Hall–Kier alpha value is -0.640. The molecule has 2 N–H and O–H groups in total. The number of rotatable bonds is 6. The highest BCUT2D eigenvalue weighted by Crippen LogP contribution is 2.24. The van der Waals surface area contributed by atoms with E-state index in [0.717, 1.165) is 13.0 Å². The van der Waals surface area contributed by atoms with Crippen LogP contribution in [0.2, 0.25) is 5.02 Å². The molecule has 0 heterocycles. The molecular formula is C14H22ClFN2. The monoisotopic (exact) mass is 272 g/mol. The quantitative estimate of drug-likeness (QED) is 0.859. The van der Waals surface area contributed by atoms with E-state index in [1.54, 1.807) is 12.1 Å². The molecule has 1 aromatic carbocycles. The van der Waals surface area contributed by atoms with E-state index >= 15 is 0 Å². The fraction of sp³-hybridized carbons (Fsp3) is 0.571. The van der Waals surface area contributed by atoms with E-state index in [9.17, 15) is 4.39 Å². The summed E-state index contributed by atoms with van der Waals surface area (Å²) in [6.45, 7) is 5.65. The van der Waals surface area contributed by atoms with Gasteiger partial charge in [0, 0.05) is 23.2 Å². The Morgan fingerprint density at radius 3 is 2.56 bits per heavy atom. The van der Waals surface area contributed by atoms with E-state index < -0.39 is 0 Å². The van der Waals surface area contributed by atoms with E-state index in [1.807, 2.05) is 7.05 Å². The minimum absolute atomic E-state index is 0.0963. The summed E-state index contributed by atoms with van der Waals surface area (Å²) in [5, 5.41) is 0.414. The summed E-state index contributed by atoms with van der Waals surface area (Å²) in [5.74, 6) is 0.343. The van der Waals surface area contributed by atoms with Crippen molar-refractivity contribution in [2.75, 3.05) is 20.1 Å². The Morgan fingerprint density at radius 1 is 1.39 bits per heavy atom. The van der Waals surface area contributed by atoms with Gasteiger partial charge in [-0.15, -0.1) is 0 Å². The fourth-order valence-corrected chi connectivity index (χ4v) is 2.09. The second-order valence-electron chi connectivity index (χ2n) is 5.08. The molecule has 1 unspecified atom stereocenters. The lowest BCUT2D eigenvalue weighted by Gasteiger charge is -2.28. The predicted octanol–water partition coefficient (Wildman–Crippen LogP) is 3.46. The van der Waals surface area contributed by atoms with Gasteiger partial charge >= 0.3 is 0 Å². The Morgan fingerprint density at radius 2 is 2.06 bits per heavy atom. The van der Waals surface area contributed by atoms with Gasteiger partial charge in [-0.1, -0.05) is 31.5 Å². The normalized spacial score (nSPS) is 13.3. The van der Waals surface area contributed by atoms with Gasteiger partial charge in [0.25, 0.3) is 0 Å². The van der Waals surface area contributed by atoms with Crippen LogP contribution in [0.3, 0.4) is 0 Å². The molecule has 0 aliphatic rings. The molecule has 0 aliphatic heterocycles. The maximum atomic E-state index is 13.9. The highest BCUT2D eigenvalue weighted by Gasteiger charge is 2.19. The molecular weight excluding hydrogens is 251 g/mol. The molecule has 0 aromatic heterocycles. The number of likely N-dealkylation sites (N-methyl/N-ethyl adjacent to an activating group) is 1. The molecule has 0 fully saturated rings. The number of benzene rings is 1. The number of nitrogens with zero attached hydrogens (tertiary/aromatic N) is 1. The predicted molar refractivity (Wildman–Crippen MR) is 75.3 cm³/mol. The van der Waals surface area contributed by atoms with E-state index in [1.165, 1.54) is 6.07 Å². The number of hydrogen-bond donors (Lipinski definition) is 1. The van der Waals surface area contributed by atoms with Crippen LogP contribution in [0.1, 0.15) is 31.9 Å². The Bertz CT molecular complexity index is 382. The second-order valence-corrected chi connectivity index (χ2v) is 5.52. The lowest BCUT2D eigenvalue weighted by Crippen LogP contribution is -2.32. The molecule has 1 aromatic rings. The Balaban J connectivity index is 2.81. The molecule has 0 radical (unpaired) electrons. The van der Waals surface area contributed by atoms with Gasteiger partial charge in [-0.3, -0.25) is 4.90 Å². The zero-order valence-corrected chi connectivity index (χ0v) is 12.0. The molecule has 0 spiro atoms. The van der Waals surface area contributed by atoms with Crippen LogP contribution in [0.4, 0.5) is 4.39 Å². The average Bonchev–Trinajstić information content (AvgIpc) is 2.30. The van der Waals surface area contributed by atoms with E-state index in [4.69, 9.17) is 17.3 Å². The van der Waals surface area contributed by atoms with Crippen LogP contribution in [0, 0.1) is 11.7 Å². The minimum atomic E-state index is -0.283. The molecule has 1 atom stereocenters. The third-order valence-electron chi connectivity index (χ3n) is 3.14. The van der Waals surface area contributed by atoms with Crippen LogP contribution in [-0.4, -0.2) is 25.0 Å². The molecule has 4 heteroatoms. The smallest absolute Gasteiger partial charge is 0.129 e.